The highest BCUT2D eigenvalue weighted by molar-refractivity contribution is 7.52. The first-order chi connectivity index (χ1) is 23.5. The molecule has 6 fully saturated rings. The first-order valence-corrected chi connectivity index (χ1v) is 22.6. The summed E-state index contributed by atoms with van der Waals surface area (Å²) in [7, 11) is -2.14. The molecule has 49 heavy (non-hydrogen) atoms. The number of Topliss-reactive ketones (excluding diaryl/α,β-unsaturated/α-hetero) is 1. The average Bonchev–Trinajstić information content (AvgIpc) is 3.12. The van der Waals surface area contributed by atoms with Gasteiger partial charge in [0.05, 0.1) is 36.2 Å². The van der Waals surface area contributed by atoms with Gasteiger partial charge in [0.25, 0.3) is 0 Å². The minimum absolute atomic E-state index is 0.0113. The minimum Gasteiger partial charge on any atom is -0.381 e. The normalized spacial score (nSPS) is 42.6. The maximum atomic E-state index is 13.3. The van der Waals surface area contributed by atoms with E-state index in [0.29, 0.717) is 61.3 Å². The topological polar surface area (TPSA) is 102 Å². The number of carbonyl (C=O) groups is 1. The lowest BCUT2D eigenvalue weighted by molar-refractivity contribution is -0.131. The van der Waals surface area contributed by atoms with Crippen molar-refractivity contribution in [2.45, 2.75) is 204 Å². The van der Waals surface area contributed by atoms with Crippen molar-refractivity contribution in [3.63, 3.8) is 0 Å². The summed E-state index contributed by atoms with van der Waals surface area (Å²) < 4.78 is 31.0. The Hall–Kier alpha value is -0.300. The first-order valence-electron chi connectivity index (χ1n) is 21.0. The third-order valence-electron chi connectivity index (χ3n) is 15.4. The number of ether oxygens (including phenoxy) is 3. The Morgan fingerprint density at radius 1 is 0.531 bits per heavy atom. The predicted octanol–water partition coefficient (Wildman–Crippen LogP) is 9.79. The summed E-state index contributed by atoms with van der Waals surface area (Å²) in [5.74, 6) is 3.68. The highest BCUT2D eigenvalue weighted by Gasteiger charge is 2.49. The molecule has 0 aromatic heterocycles. The van der Waals surface area contributed by atoms with Crippen LogP contribution >= 0.6 is 7.60 Å². The number of carbonyl (C=O) groups excluding carboxylic acids is 1. The second kappa shape index (κ2) is 17.2. The zero-order valence-electron chi connectivity index (χ0n) is 31.3. The van der Waals surface area contributed by atoms with Crippen LogP contribution in [-0.2, 0) is 23.6 Å². The molecule has 0 spiro atoms. The Kier molecular flexibility index (Phi) is 13.5. The molecule has 282 valence electrons. The monoisotopic (exact) mass is 706 g/mol. The molecule has 7 nitrogen and oxygen atoms in total. The second-order valence-corrected chi connectivity index (χ2v) is 20.1. The Balaban J connectivity index is 0.974. The van der Waals surface area contributed by atoms with Gasteiger partial charge in [0.1, 0.15) is 5.78 Å². The van der Waals surface area contributed by atoms with Crippen LogP contribution < -0.4 is 0 Å². The molecule has 1 atom stereocenters. The molecule has 8 heteroatoms. The minimum atomic E-state index is -4.04. The maximum Gasteiger partial charge on any atom is 0.328 e. The Labute approximate surface area is 298 Å². The number of hydrogen-bond acceptors (Lipinski definition) is 5. The molecule has 0 aromatic rings. The van der Waals surface area contributed by atoms with Crippen molar-refractivity contribution >= 4 is 13.4 Å². The van der Waals surface area contributed by atoms with E-state index in [9.17, 15) is 19.1 Å². The number of hydrogen-bond donors (Lipinski definition) is 2. The molecule has 0 aromatic carbocycles. The van der Waals surface area contributed by atoms with Crippen LogP contribution in [0.5, 0.6) is 0 Å². The molecule has 0 bridgehead atoms. The van der Waals surface area contributed by atoms with Crippen LogP contribution in [0.2, 0.25) is 0 Å². The lowest BCUT2D eigenvalue weighted by Gasteiger charge is -2.54. The number of ketones is 1. The van der Waals surface area contributed by atoms with Crippen LogP contribution in [0.25, 0.3) is 0 Å². The van der Waals surface area contributed by atoms with E-state index in [1.165, 1.54) is 103 Å². The van der Waals surface area contributed by atoms with Gasteiger partial charge in [-0.15, -0.1) is 0 Å². The molecule has 0 amide bonds. The molecule has 6 aliphatic carbocycles. The van der Waals surface area contributed by atoms with E-state index < -0.39 is 13.3 Å². The lowest BCUT2D eigenvalue weighted by atomic mass is 9.52. The van der Waals surface area contributed by atoms with Gasteiger partial charge in [-0.2, -0.15) is 0 Å². The van der Waals surface area contributed by atoms with Crippen molar-refractivity contribution < 1.29 is 33.4 Å². The fraction of sp³-hybridized carbons (Fsp3) is 0.976. The van der Waals surface area contributed by atoms with Crippen LogP contribution in [0, 0.1) is 40.9 Å². The van der Waals surface area contributed by atoms with Crippen molar-refractivity contribution in [1.29, 1.82) is 0 Å². The molecule has 6 rings (SSSR count). The summed E-state index contributed by atoms with van der Waals surface area (Å²) in [5.41, 5.74) is -0.165. The van der Waals surface area contributed by atoms with Gasteiger partial charge in [-0.25, -0.2) is 0 Å². The zero-order valence-corrected chi connectivity index (χ0v) is 32.2. The van der Waals surface area contributed by atoms with Gasteiger partial charge in [0.15, 0.2) is 0 Å². The third kappa shape index (κ3) is 9.63. The SMILES string of the molecule is COC1CCC(C(C)(C2CCC(OC3CCC(C)CC3)CC2)C2CCC(OC3CCC(C(=O)C4CCC(P(=O)(O)O)CC4)CC3)CC2)CC1. The Morgan fingerprint density at radius 3 is 1.22 bits per heavy atom. The number of rotatable bonds is 11. The molecule has 1 unspecified atom stereocenters. The van der Waals surface area contributed by atoms with Gasteiger partial charge in [-0.3, -0.25) is 9.36 Å². The van der Waals surface area contributed by atoms with Crippen molar-refractivity contribution in [2.75, 3.05) is 7.11 Å². The standard InChI is InChI=1S/C41H71O7P/c1-28-4-16-35(17-5-28)47-37-22-12-32(13-23-37)41(2,31-10-20-34(46-3)21-11-31)33-14-24-38(25-15-33)48-36-18-6-29(7-19-36)40(42)30-8-26-39(27-9-30)49(43,44)45/h28-39H,4-27H2,1-3H3,(H2,43,44,45). The summed E-state index contributed by atoms with van der Waals surface area (Å²) in [4.78, 5) is 32.4. The van der Waals surface area contributed by atoms with Crippen LogP contribution in [0.15, 0.2) is 0 Å². The van der Waals surface area contributed by atoms with Gasteiger partial charge in [-0.05, 0) is 183 Å². The Morgan fingerprint density at radius 2 is 0.857 bits per heavy atom. The van der Waals surface area contributed by atoms with Crippen LogP contribution in [0.3, 0.4) is 0 Å². The van der Waals surface area contributed by atoms with Crippen molar-refractivity contribution in [1.82, 2.24) is 0 Å². The maximum absolute atomic E-state index is 13.3. The quantitative estimate of drug-likeness (QED) is 0.206. The zero-order chi connectivity index (χ0) is 34.6. The van der Waals surface area contributed by atoms with E-state index in [0.717, 1.165) is 49.4 Å². The fourth-order valence-corrected chi connectivity index (χ4v) is 13.0. The summed E-state index contributed by atoms with van der Waals surface area (Å²) in [6.45, 7) is 5.11. The molecule has 0 heterocycles. The predicted molar refractivity (Wildman–Crippen MR) is 194 cm³/mol. The van der Waals surface area contributed by atoms with Crippen LogP contribution in [-0.4, -0.2) is 58.9 Å². The van der Waals surface area contributed by atoms with E-state index in [-0.39, 0.29) is 17.9 Å². The summed E-state index contributed by atoms with van der Waals surface area (Å²) >= 11 is 0. The van der Waals surface area contributed by atoms with Crippen LogP contribution in [0.4, 0.5) is 0 Å². The van der Waals surface area contributed by atoms with Crippen molar-refractivity contribution in [3.05, 3.63) is 0 Å². The molecular formula is C41H71O7P. The third-order valence-corrected chi connectivity index (χ3v) is 16.8. The largest absolute Gasteiger partial charge is 0.381 e. The Bertz CT molecular complexity index is 1060. The van der Waals surface area contributed by atoms with E-state index in [1.807, 2.05) is 7.11 Å². The van der Waals surface area contributed by atoms with Gasteiger partial charge in [0, 0.05) is 18.9 Å². The fourth-order valence-electron chi connectivity index (χ4n) is 12.0. The number of methoxy groups -OCH3 is 1. The van der Waals surface area contributed by atoms with Crippen molar-refractivity contribution in [2.24, 2.45) is 40.9 Å². The highest BCUT2D eigenvalue weighted by atomic mass is 31.2. The summed E-state index contributed by atoms with van der Waals surface area (Å²) in [6, 6.07) is 0. The molecule has 6 saturated carbocycles. The van der Waals surface area contributed by atoms with Crippen molar-refractivity contribution in [3.8, 4) is 0 Å². The van der Waals surface area contributed by atoms with Gasteiger partial charge >= 0.3 is 7.60 Å². The van der Waals surface area contributed by atoms with E-state index in [1.54, 1.807) is 0 Å². The average molecular weight is 707 g/mol. The molecule has 0 saturated heterocycles. The van der Waals surface area contributed by atoms with E-state index in [4.69, 9.17) is 14.2 Å². The lowest BCUT2D eigenvalue weighted by Crippen LogP contribution is -2.47. The van der Waals surface area contributed by atoms with E-state index in [2.05, 4.69) is 13.8 Å². The molecule has 0 radical (unpaired) electrons. The summed E-state index contributed by atoms with van der Waals surface area (Å²) in [6.07, 6.45) is 28.4. The molecule has 6 aliphatic rings. The van der Waals surface area contributed by atoms with Gasteiger partial charge in [-0.1, -0.05) is 13.8 Å². The first kappa shape index (κ1) is 38.4. The molecule has 2 N–H and O–H groups in total. The summed E-state index contributed by atoms with van der Waals surface area (Å²) in [5, 5.41) is 0. The van der Waals surface area contributed by atoms with Gasteiger partial charge < -0.3 is 24.0 Å². The van der Waals surface area contributed by atoms with Gasteiger partial charge in [0.2, 0.25) is 0 Å². The second-order valence-electron chi connectivity index (χ2n) is 18.1. The van der Waals surface area contributed by atoms with Crippen LogP contribution in [0.1, 0.15) is 168 Å². The molecule has 0 aliphatic heterocycles. The highest BCUT2D eigenvalue weighted by Crippen LogP contribution is 2.57. The molecular weight excluding hydrogens is 635 g/mol. The van der Waals surface area contributed by atoms with E-state index >= 15 is 0 Å². The smallest absolute Gasteiger partial charge is 0.328 e.